The minimum atomic E-state index is -0.222. The van der Waals surface area contributed by atoms with Crippen molar-refractivity contribution in [1.29, 1.82) is 0 Å². The maximum absolute atomic E-state index is 11.9. The molecule has 1 aromatic rings. The molecule has 1 atom stereocenters. The summed E-state index contributed by atoms with van der Waals surface area (Å²) < 4.78 is 5.67. The van der Waals surface area contributed by atoms with Gasteiger partial charge >= 0.3 is 0 Å². The Bertz CT molecular complexity index is 398. The molecule has 6 heteroatoms. The number of nitrogen functional groups attached to an aromatic ring is 1. The number of amides is 1. The second-order valence-corrected chi connectivity index (χ2v) is 4.66. The van der Waals surface area contributed by atoms with Gasteiger partial charge in [0.1, 0.15) is 5.82 Å². The van der Waals surface area contributed by atoms with E-state index in [0.29, 0.717) is 12.2 Å². The van der Waals surface area contributed by atoms with Crippen LogP contribution in [-0.4, -0.2) is 30.6 Å². The molecule has 1 aromatic heterocycles. The van der Waals surface area contributed by atoms with Crippen molar-refractivity contribution in [2.75, 3.05) is 19.5 Å². The van der Waals surface area contributed by atoms with Crippen LogP contribution in [0, 0.1) is 0 Å². The van der Waals surface area contributed by atoms with Crippen molar-refractivity contribution in [2.24, 2.45) is 0 Å². The van der Waals surface area contributed by atoms with Crippen LogP contribution in [0.1, 0.15) is 23.7 Å². The van der Waals surface area contributed by atoms with E-state index in [9.17, 15) is 4.79 Å². The topological polar surface area (TPSA) is 77.2 Å². The van der Waals surface area contributed by atoms with Gasteiger partial charge in [-0.15, -0.1) is 0 Å². The van der Waals surface area contributed by atoms with Gasteiger partial charge in [0.15, 0.2) is 0 Å². The molecule has 0 aliphatic heterocycles. The molecule has 1 unspecified atom stereocenters. The van der Waals surface area contributed by atoms with Crippen molar-refractivity contribution < 1.29 is 9.53 Å². The Hall–Kier alpha value is -1.14. The summed E-state index contributed by atoms with van der Waals surface area (Å²) in [4.78, 5) is 15.8. The molecule has 0 aliphatic rings. The van der Waals surface area contributed by atoms with Gasteiger partial charge in [0, 0.05) is 30.4 Å². The smallest absolute Gasteiger partial charge is 0.255 e. The zero-order chi connectivity index (χ0) is 12.8. The van der Waals surface area contributed by atoms with Crippen molar-refractivity contribution in [3.8, 4) is 0 Å². The second kappa shape index (κ2) is 6.56. The quantitative estimate of drug-likeness (QED) is 0.865. The molecule has 0 radical (unpaired) electrons. The summed E-state index contributed by atoms with van der Waals surface area (Å²) in [6.45, 7) is 2.52. The van der Waals surface area contributed by atoms with Crippen molar-refractivity contribution in [3.63, 3.8) is 0 Å². The van der Waals surface area contributed by atoms with Gasteiger partial charge in [0.25, 0.3) is 5.91 Å². The maximum atomic E-state index is 11.9. The average Bonchev–Trinajstić information content (AvgIpc) is 2.29. The van der Waals surface area contributed by atoms with Crippen molar-refractivity contribution in [2.45, 2.75) is 19.4 Å². The average molecular weight is 302 g/mol. The summed E-state index contributed by atoms with van der Waals surface area (Å²) in [5.41, 5.74) is 6.03. The van der Waals surface area contributed by atoms with E-state index in [4.69, 9.17) is 10.5 Å². The van der Waals surface area contributed by atoms with E-state index in [0.717, 1.165) is 10.9 Å². The van der Waals surface area contributed by atoms with Gasteiger partial charge in [0.05, 0.1) is 5.56 Å². The van der Waals surface area contributed by atoms with Crippen molar-refractivity contribution >= 4 is 27.7 Å². The molecule has 3 N–H and O–H groups in total. The third kappa shape index (κ3) is 4.32. The number of halogens is 1. The highest BCUT2D eigenvalue weighted by Crippen LogP contribution is 2.15. The van der Waals surface area contributed by atoms with Crippen molar-refractivity contribution in [3.05, 3.63) is 22.3 Å². The molecule has 1 amide bonds. The fraction of sp³-hybridized carbons (Fsp3) is 0.455. The van der Waals surface area contributed by atoms with E-state index in [2.05, 4.69) is 26.2 Å². The Morgan fingerprint density at radius 2 is 2.41 bits per heavy atom. The Labute approximate surface area is 109 Å². The largest absolute Gasteiger partial charge is 0.385 e. The lowest BCUT2D eigenvalue weighted by Crippen LogP contribution is -2.33. The third-order valence-corrected chi connectivity index (χ3v) is 2.70. The first-order valence-electron chi connectivity index (χ1n) is 5.25. The van der Waals surface area contributed by atoms with Crippen LogP contribution in [0.3, 0.4) is 0 Å². The summed E-state index contributed by atoms with van der Waals surface area (Å²) in [5, 5.41) is 2.84. The van der Waals surface area contributed by atoms with Gasteiger partial charge in [-0.25, -0.2) is 4.98 Å². The van der Waals surface area contributed by atoms with Crippen LogP contribution in [-0.2, 0) is 4.74 Å². The molecule has 0 aliphatic carbocycles. The fourth-order valence-corrected chi connectivity index (χ4v) is 1.63. The zero-order valence-electron chi connectivity index (χ0n) is 9.87. The monoisotopic (exact) mass is 301 g/mol. The van der Waals surface area contributed by atoms with Gasteiger partial charge in [-0.1, -0.05) is 0 Å². The summed E-state index contributed by atoms with van der Waals surface area (Å²) in [5.74, 6) is 0.00421. The van der Waals surface area contributed by atoms with E-state index in [1.54, 1.807) is 19.4 Å². The van der Waals surface area contributed by atoms with Crippen LogP contribution < -0.4 is 11.1 Å². The molecule has 0 fully saturated rings. The number of carbonyl (C=O) groups is 1. The standard InChI is InChI=1S/C11H16BrN3O2/c1-7(3-4-17-2)15-11(16)9-5-8(12)6-14-10(9)13/h5-7H,3-4H2,1-2H3,(H2,13,14)(H,15,16). The zero-order valence-corrected chi connectivity index (χ0v) is 11.5. The van der Waals surface area contributed by atoms with E-state index in [1.165, 1.54) is 0 Å². The Kier molecular flexibility index (Phi) is 5.37. The number of ether oxygens (including phenoxy) is 1. The van der Waals surface area contributed by atoms with Crippen LogP contribution in [0.4, 0.5) is 5.82 Å². The lowest BCUT2D eigenvalue weighted by atomic mass is 10.2. The van der Waals surface area contributed by atoms with Gasteiger partial charge < -0.3 is 15.8 Å². The normalized spacial score (nSPS) is 12.2. The number of anilines is 1. The summed E-state index contributed by atoms with van der Waals surface area (Å²) in [6.07, 6.45) is 2.31. The molecule has 5 nitrogen and oxygen atoms in total. The molecule has 0 saturated carbocycles. The lowest BCUT2D eigenvalue weighted by molar-refractivity contribution is 0.0930. The molecule has 0 bridgehead atoms. The number of hydrogen-bond donors (Lipinski definition) is 2. The first-order chi connectivity index (χ1) is 8.04. The van der Waals surface area contributed by atoms with Gasteiger partial charge in [-0.2, -0.15) is 0 Å². The molecule has 0 saturated heterocycles. The molecule has 0 spiro atoms. The lowest BCUT2D eigenvalue weighted by Gasteiger charge is -2.14. The van der Waals surface area contributed by atoms with Gasteiger partial charge in [0.2, 0.25) is 0 Å². The van der Waals surface area contributed by atoms with Crippen LogP contribution >= 0.6 is 15.9 Å². The highest BCUT2D eigenvalue weighted by molar-refractivity contribution is 9.10. The Balaban J connectivity index is 2.66. The molecule has 1 heterocycles. The Morgan fingerprint density at radius 1 is 1.71 bits per heavy atom. The maximum Gasteiger partial charge on any atom is 0.255 e. The molecule has 1 rings (SSSR count). The van der Waals surface area contributed by atoms with Gasteiger partial charge in [-0.3, -0.25) is 4.79 Å². The van der Waals surface area contributed by atoms with Crippen LogP contribution in [0.25, 0.3) is 0 Å². The second-order valence-electron chi connectivity index (χ2n) is 3.74. The first-order valence-corrected chi connectivity index (χ1v) is 6.04. The summed E-state index contributed by atoms with van der Waals surface area (Å²) >= 11 is 3.25. The SMILES string of the molecule is COCCC(C)NC(=O)c1cc(Br)cnc1N. The number of nitrogens with one attached hydrogen (secondary N) is 1. The number of rotatable bonds is 5. The third-order valence-electron chi connectivity index (χ3n) is 2.26. The number of hydrogen-bond acceptors (Lipinski definition) is 4. The molecule has 0 aromatic carbocycles. The van der Waals surface area contributed by atoms with E-state index >= 15 is 0 Å². The Morgan fingerprint density at radius 3 is 3.06 bits per heavy atom. The predicted octanol–water partition coefficient (Wildman–Crippen LogP) is 1.58. The summed E-state index contributed by atoms with van der Waals surface area (Å²) in [7, 11) is 1.63. The molecule has 17 heavy (non-hydrogen) atoms. The van der Waals surface area contributed by atoms with Crippen LogP contribution in [0.5, 0.6) is 0 Å². The number of carbonyl (C=O) groups excluding carboxylic acids is 1. The van der Waals surface area contributed by atoms with E-state index in [-0.39, 0.29) is 17.8 Å². The number of nitrogens with zero attached hydrogens (tertiary/aromatic N) is 1. The minimum absolute atomic E-state index is 0.0285. The highest BCUT2D eigenvalue weighted by atomic mass is 79.9. The number of pyridine rings is 1. The first kappa shape index (κ1) is 13.9. The summed E-state index contributed by atoms with van der Waals surface area (Å²) in [6, 6.07) is 1.68. The van der Waals surface area contributed by atoms with E-state index < -0.39 is 0 Å². The fourth-order valence-electron chi connectivity index (χ4n) is 1.30. The van der Waals surface area contributed by atoms with Crippen LogP contribution in [0.2, 0.25) is 0 Å². The number of nitrogens with two attached hydrogens (primary N) is 1. The van der Waals surface area contributed by atoms with E-state index in [1.807, 2.05) is 6.92 Å². The predicted molar refractivity (Wildman–Crippen MR) is 69.8 cm³/mol. The molecular formula is C11H16BrN3O2. The minimum Gasteiger partial charge on any atom is -0.385 e. The van der Waals surface area contributed by atoms with Gasteiger partial charge in [-0.05, 0) is 35.3 Å². The van der Waals surface area contributed by atoms with Crippen LogP contribution in [0.15, 0.2) is 16.7 Å². The highest BCUT2D eigenvalue weighted by Gasteiger charge is 2.13. The number of aromatic nitrogens is 1. The molecule has 94 valence electrons. The number of methoxy groups -OCH3 is 1. The molecular weight excluding hydrogens is 286 g/mol. The van der Waals surface area contributed by atoms with Crippen molar-refractivity contribution in [1.82, 2.24) is 10.3 Å².